The van der Waals surface area contributed by atoms with Crippen LogP contribution in [0.4, 0.5) is 0 Å². The summed E-state index contributed by atoms with van der Waals surface area (Å²) in [4.78, 5) is 0. The number of hydrogen-bond acceptors (Lipinski definition) is 6. The second kappa shape index (κ2) is 7.47. The highest BCUT2D eigenvalue weighted by Gasteiger charge is 2.38. The molecule has 1 heterocycles. The Kier molecular flexibility index (Phi) is 5.36. The first-order valence-electron chi connectivity index (χ1n) is 7.71. The summed E-state index contributed by atoms with van der Waals surface area (Å²) in [7, 11) is 3.11. The Balaban J connectivity index is 2.65. The Morgan fingerprint density at radius 1 is 1.04 bits per heavy atom. The molecule has 6 heteroatoms. The molecule has 0 spiro atoms. The minimum atomic E-state index is -0.870. The third-order valence-corrected chi connectivity index (χ3v) is 3.95. The molecule has 1 aliphatic rings. The van der Waals surface area contributed by atoms with E-state index in [1.54, 1.807) is 64.5 Å². The first-order valence-corrected chi connectivity index (χ1v) is 7.71. The average Bonchev–Trinajstić information content (AvgIpc) is 2.90. The second-order valence-corrected chi connectivity index (χ2v) is 5.85. The van der Waals surface area contributed by atoms with E-state index >= 15 is 0 Å². The molecule has 1 aromatic carbocycles. The van der Waals surface area contributed by atoms with Gasteiger partial charge in [0.2, 0.25) is 0 Å². The highest BCUT2D eigenvalue weighted by molar-refractivity contribution is 5.69. The minimum absolute atomic E-state index is 0.00846. The predicted octanol–water partition coefficient (Wildman–Crippen LogP) is 3.65. The van der Waals surface area contributed by atoms with Crippen molar-refractivity contribution in [3.05, 3.63) is 52.3 Å². The van der Waals surface area contributed by atoms with Gasteiger partial charge < -0.3 is 14.2 Å². The number of rotatable bonds is 4. The SMILES string of the molecule is COc1cccc(OC)c1/C=C/C1=C(C#N)C(=C(C#N)C#N)OC1(C)C. The Morgan fingerprint density at radius 2 is 1.62 bits per heavy atom. The van der Waals surface area contributed by atoms with Gasteiger partial charge in [0, 0.05) is 5.57 Å². The maximum atomic E-state index is 9.55. The van der Waals surface area contributed by atoms with Gasteiger partial charge in [0.05, 0.1) is 19.8 Å². The van der Waals surface area contributed by atoms with E-state index in [1.807, 2.05) is 12.1 Å². The van der Waals surface area contributed by atoms with Crippen LogP contribution in [0.3, 0.4) is 0 Å². The van der Waals surface area contributed by atoms with Crippen molar-refractivity contribution in [3.63, 3.8) is 0 Å². The van der Waals surface area contributed by atoms with Gasteiger partial charge in [-0.25, -0.2) is 0 Å². The summed E-state index contributed by atoms with van der Waals surface area (Å²) in [6.07, 6.45) is 3.48. The van der Waals surface area contributed by atoms with Crippen molar-refractivity contribution in [2.75, 3.05) is 14.2 Å². The normalized spacial score (nSPS) is 15.0. The van der Waals surface area contributed by atoms with E-state index in [0.29, 0.717) is 22.6 Å². The minimum Gasteiger partial charge on any atom is -0.496 e. The van der Waals surface area contributed by atoms with Crippen LogP contribution in [-0.4, -0.2) is 19.8 Å². The molecular formula is C20H17N3O3. The van der Waals surface area contributed by atoms with Crippen LogP contribution in [0.25, 0.3) is 6.08 Å². The molecule has 0 aromatic heterocycles. The van der Waals surface area contributed by atoms with Gasteiger partial charge in [-0.05, 0) is 32.1 Å². The van der Waals surface area contributed by atoms with E-state index in [-0.39, 0.29) is 16.9 Å². The molecule has 0 radical (unpaired) electrons. The predicted molar refractivity (Wildman–Crippen MR) is 94.6 cm³/mol. The zero-order chi connectivity index (χ0) is 19.3. The van der Waals surface area contributed by atoms with Gasteiger partial charge in [-0.15, -0.1) is 0 Å². The monoisotopic (exact) mass is 347 g/mol. The number of methoxy groups -OCH3 is 2. The van der Waals surface area contributed by atoms with Crippen molar-refractivity contribution in [2.24, 2.45) is 0 Å². The molecule has 0 atom stereocenters. The maximum Gasteiger partial charge on any atom is 0.172 e. The lowest BCUT2D eigenvalue weighted by Gasteiger charge is -2.20. The molecule has 0 aliphatic carbocycles. The van der Waals surface area contributed by atoms with Gasteiger partial charge in [-0.1, -0.05) is 12.1 Å². The van der Waals surface area contributed by atoms with E-state index in [4.69, 9.17) is 24.7 Å². The van der Waals surface area contributed by atoms with Gasteiger partial charge in [-0.3, -0.25) is 0 Å². The highest BCUT2D eigenvalue weighted by atomic mass is 16.5. The van der Waals surface area contributed by atoms with Crippen molar-refractivity contribution in [2.45, 2.75) is 19.4 Å². The number of benzene rings is 1. The van der Waals surface area contributed by atoms with Crippen LogP contribution in [0.1, 0.15) is 19.4 Å². The maximum absolute atomic E-state index is 9.55. The van der Waals surface area contributed by atoms with Crippen molar-refractivity contribution >= 4 is 6.08 Å². The molecule has 2 rings (SSSR count). The molecule has 0 fully saturated rings. The van der Waals surface area contributed by atoms with Crippen molar-refractivity contribution < 1.29 is 14.2 Å². The lowest BCUT2D eigenvalue weighted by molar-refractivity contribution is 0.0954. The quantitative estimate of drug-likeness (QED) is 0.771. The van der Waals surface area contributed by atoms with Crippen LogP contribution in [0.2, 0.25) is 0 Å². The average molecular weight is 347 g/mol. The third-order valence-electron chi connectivity index (χ3n) is 3.95. The Bertz CT molecular complexity index is 910. The first kappa shape index (κ1) is 18.6. The summed E-state index contributed by atoms with van der Waals surface area (Å²) in [6.45, 7) is 3.53. The standard InChI is InChI=1S/C20H17N3O3/c1-20(2)16(15(12-23)19(26-20)13(10-21)11-22)9-8-14-17(24-3)6-5-7-18(14)25-4/h5-9H,1-4H3/b9-8+. The summed E-state index contributed by atoms with van der Waals surface area (Å²) in [5.41, 5.74) is 0.332. The Labute approximate surface area is 152 Å². The van der Waals surface area contributed by atoms with Crippen LogP contribution in [0, 0.1) is 34.0 Å². The summed E-state index contributed by atoms with van der Waals surface area (Å²) >= 11 is 0. The van der Waals surface area contributed by atoms with E-state index < -0.39 is 5.60 Å². The fourth-order valence-corrected chi connectivity index (χ4v) is 2.69. The molecular weight excluding hydrogens is 330 g/mol. The van der Waals surface area contributed by atoms with Crippen molar-refractivity contribution in [1.29, 1.82) is 15.8 Å². The van der Waals surface area contributed by atoms with E-state index in [0.717, 1.165) is 0 Å². The fraction of sp³-hybridized carbons (Fsp3) is 0.250. The largest absolute Gasteiger partial charge is 0.496 e. The first-order chi connectivity index (χ1) is 12.4. The number of allylic oxidation sites excluding steroid dienone is 2. The zero-order valence-corrected chi connectivity index (χ0v) is 15.0. The van der Waals surface area contributed by atoms with E-state index in [1.165, 1.54) is 0 Å². The van der Waals surface area contributed by atoms with Crippen LogP contribution in [0.15, 0.2) is 46.8 Å². The molecule has 0 N–H and O–H groups in total. The van der Waals surface area contributed by atoms with Gasteiger partial charge >= 0.3 is 0 Å². The molecule has 0 saturated heterocycles. The zero-order valence-electron chi connectivity index (χ0n) is 15.0. The summed E-state index contributed by atoms with van der Waals surface area (Å²) in [6, 6.07) is 11.0. The molecule has 6 nitrogen and oxygen atoms in total. The summed E-state index contributed by atoms with van der Waals surface area (Å²) < 4.78 is 16.5. The highest BCUT2D eigenvalue weighted by Crippen LogP contribution is 2.41. The molecule has 130 valence electrons. The molecule has 0 amide bonds. The number of nitriles is 3. The van der Waals surface area contributed by atoms with E-state index in [9.17, 15) is 5.26 Å². The van der Waals surface area contributed by atoms with E-state index in [2.05, 4.69) is 0 Å². The van der Waals surface area contributed by atoms with Gasteiger partial charge in [0.25, 0.3) is 0 Å². The van der Waals surface area contributed by atoms with Gasteiger partial charge in [-0.2, -0.15) is 15.8 Å². The fourth-order valence-electron chi connectivity index (χ4n) is 2.69. The molecule has 0 saturated carbocycles. The topological polar surface area (TPSA) is 99.1 Å². The van der Waals surface area contributed by atoms with Crippen LogP contribution in [0.5, 0.6) is 11.5 Å². The molecule has 26 heavy (non-hydrogen) atoms. The smallest absolute Gasteiger partial charge is 0.172 e. The third kappa shape index (κ3) is 3.24. The Hall–Kier alpha value is -3.69. The Morgan fingerprint density at radius 3 is 2.08 bits per heavy atom. The number of hydrogen-bond donors (Lipinski definition) is 0. The van der Waals surface area contributed by atoms with Gasteiger partial charge in [0.1, 0.15) is 40.9 Å². The molecule has 1 aliphatic heterocycles. The lowest BCUT2D eigenvalue weighted by Crippen LogP contribution is -2.20. The summed E-state index contributed by atoms with van der Waals surface area (Å²) in [5, 5.41) is 27.8. The number of nitrogens with zero attached hydrogens (tertiary/aromatic N) is 3. The molecule has 0 unspecified atom stereocenters. The molecule has 1 aromatic rings. The number of ether oxygens (including phenoxy) is 3. The summed E-state index contributed by atoms with van der Waals surface area (Å²) in [5.74, 6) is 1.23. The van der Waals surface area contributed by atoms with Crippen LogP contribution in [-0.2, 0) is 4.74 Å². The van der Waals surface area contributed by atoms with Crippen molar-refractivity contribution in [1.82, 2.24) is 0 Å². The molecule has 0 bridgehead atoms. The van der Waals surface area contributed by atoms with Crippen LogP contribution >= 0.6 is 0 Å². The lowest BCUT2D eigenvalue weighted by atomic mass is 9.94. The van der Waals surface area contributed by atoms with Gasteiger partial charge in [0.15, 0.2) is 11.3 Å². The van der Waals surface area contributed by atoms with Crippen LogP contribution < -0.4 is 9.47 Å². The van der Waals surface area contributed by atoms with Crippen molar-refractivity contribution in [3.8, 4) is 29.7 Å². The second-order valence-electron chi connectivity index (χ2n) is 5.85.